The lowest BCUT2D eigenvalue weighted by atomic mass is 10.1. The number of carbonyl (C=O) groups excluding carboxylic acids is 1. The van der Waals surface area contributed by atoms with Crippen LogP contribution in [0.15, 0.2) is 36.7 Å². The Morgan fingerprint density at radius 2 is 1.97 bits per heavy atom. The molecule has 0 spiro atoms. The first-order valence-corrected chi connectivity index (χ1v) is 10.3. The summed E-state index contributed by atoms with van der Waals surface area (Å²) in [5.74, 6) is 2.41. The molecule has 1 aliphatic rings. The van der Waals surface area contributed by atoms with E-state index < -0.39 is 0 Å². The number of amides is 1. The fraction of sp³-hybridized carbons (Fsp3) is 0.409. The second kappa shape index (κ2) is 8.61. The van der Waals surface area contributed by atoms with Crippen LogP contribution in [-0.2, 0) is 4.79 Å². The standard InChI is InChI=1S/C22H27N7O/c1-15-14-16(2)26-22(25-15)24-10-9-21(30)29-12-5-7-19(29)18-6-4-8-20(27-18)28-13-11-23-17(28)3/h4,6,8,11,13-14,19H,5,7,9-10,12H2,1-3H3,(H,24,25,26)/t19-/m0/s1. The van der Waals surface area contributed by atoms with Crippen molar-refractivity contribution in [1.82, 2.24) is 29.4 Å². The van der Waals surface area contributed by atoms with Gasteiger partial charge in [0.15, 0.2) is 0 Å². The van der Waals surface area contributed by atoms with Crippen LogP contribution in [0.1, 0.15) is 48.2 Å². The number of nitrogens with zero attached hydrogens (tertiary/aromatic N) is 6. The Labute approximate surface area is 176 Å². The fourth-order valence-corrected chi connectivity index (χ4v) is 3.98. The molecule has 1 saturated heterocycles. The summed E-state index contributed by atoms with van der Waals surface area (Å²) >= 11 is 0. The molecule has 1 aliphatic heterocycles. The van der Waals surface area contributed by atoms with E-state index in [1.54, 1.807) is 6.20 Å². The number of hydrogen-bond donors (Lipinski definition) is 1. The number of pyridine rings is 1. The van der Waals surface area contributed by atoms with Crippen LogP contribution >= 0.6 is 0 Å². The third-order valence-corrected chi connectivity index (χ3v) is 5.35. The van der Waals surface area contributed by atoms with Gasteiger partial charge in [0.1, 0.15) is 11.6 Å². The van der Waals surface area contributed by atoms with E-state index in [2.05, 4.69) is 20.3 Å². The summed E-state index contributed by atoms with van der Waals surface area (Å²) in [6.45, 7) is 7.09. The van der Waals surface area contributed by atoms with Crippen LogP contribution in [0.5, 0.6) is 0 Å². The Bertz CT molecular complexity index is 1030. The van der Waals surface area contributed by atoms with Gasteiger partial charge in [-0.2, -0.15) is 0 Å². The lowest BCUT2D eigenvalue weighted by Gasteiger charge is -2.25. The normalized spacial score (nSPS) is 16.1. The maximum Gasteiger partial charge on any atom is 0.224 e. The SMILES string of the molecule is Cc1cc(C)nc(NCCC(=O)N2CCC[C@H]2c2cccc(-n3ccnc3C)n2)n1. The first-order chi connectivity index (χ1) is 14.5. The topological polar surface area (TPSA) is 88.8 Å². The molecule has 0 unspecified atom stereocenters. The summed E-state index contributed by atoms with van der Waals surface area (Å²) < 4.78 is 1.96. The lowest BCUT2D eigenvalue weighted by molar-refractivity contribution is -0.131. The molecule has 0 bridgehead atoms. The zero-order chi connectivity index (χ0) is 21.1. The predicted octanol–water partition coefficient (Wildman–Crippen LogP) is 3.15. The van der Waals surface area contributed by atoms with Gasteiger partial charge in [-0.05, 0) is 51.8 Å². The maximum atomic E-state index is 12.9. The zero-order valence-electron chi connectivity index (χ0n) is 17.7. The van der Waals surface area contributed by atoms with Crippen molar-refractivity contribution in [2.24, 2.45) is 0 Å². The lowest BCUT2D eigenvalue weighted by Crippen LogP contribution is -2.32. The van der Waals surface area contributed by atoms with E-state index in [-0.39, 0.29) is 11.9 Å². The average Bonchev–Trinajstić information content (AvgIpc) is 3.36. The highest BCUT2D eigenvalue weighted by molar-refractivity contribution is 5.77. The Morgan fingerprint density at radius 1 is 1.17 bits per heavy atom. The number of rotatable bonds is 6. The Hall–Kier alpha value is -3.29. The highest BCUT2D eigenvalue weighted by Gasteiger charge is 2.30. The van der Waals surface area contributed by atoms with Crippen molar-refractivity contribution in [3.63, 3.8) is 0 Å². The number of anilines is 1. The van der Waals surface area contributed by atoms with Crippen LogP contribution in [0.3, 0.4) is 0 Å². The molecular formula is C22H27N7O. The van der Waals surface area contributed by atoms with Crippen LogP contribution in [0.4, 0.5) is 5.95 Å². The van der Waals surface area contributed by atoms with Crippen LogP contribution in [0.2, 0.25) is 0 Å². The third kappa shape index (κ3) is 4.32. The van der Waals surface area contributed by atoms with Gasteiger partial charge in [-0.1, -0.05) is 6.07 Å². The van der Waals surface area contributed by atoms with Crippen LogP contribution in [0.25, 0.3) is 5.82 Å². The molecule has 30 heavy (non-hydrogen) atoms. The Kier molecular flexibility index (Phi) is 5.74. The molecule has 156 valence electrons. The molecule has 8 nitrogen and oxygen atoms in total. The largest absolute Gasteiger partial charge is 0.354 e. The molecule has 0 radical (unpaired) electrons. The molecule has 0 aliphatic carbocycles. The van der Waals surface area contributed by atoms with Crippen molar-refractivity contribution in [2.75, 3.05) is 18.4 Å². The number of carbonyl (C=O) groups is 1. The molecule has 3 aromatic heterocycles. The van der Waals surface area contributed by atoms with E-state index in [0.717, 1.165) is 48.1 Å². The number of nitrogens with one attached hydrogen (secondary N) is 1. The molecule has 1 fully saturated rings. The minimum Gasteiger partial charge on any atom is -0.354 e. The molecular weight excluding hydrogens is 378 g/mol. The van der Waals surface area contributed by atoms with Gasteiger partial charge in [0.2, 0.25) is 11.9 Å². The molecule has 0 aromatic carbocycles. The van der Waals surface area contributed by atoms with Crippen molar-refractivity contribution in [1.29, 1.82) is 0 Å². The smallest absolute Gasteiger partial charge is 0.224 e. The molecule has 0 saturated carbocycles. The van der Waals surface area contributed by atoms with Gasteiger partial charge >= 0.3 is 0 Å². The van der Waals surface area contributed by atoms with Crippen molar-refractivity contribution < 1.29 is 4.79 Å². The Morgan fingerprint density at radius 3 is 2.70 bits per heavy atom. The minimum atomic E-state index is 0.0127. The van der Waals surface area contributed by atoms with E-state index in [4.69, 9.17) is 4.98 Å². The quantitative estimate of drug-likeness (QED) is 0.678. The summed E-state index contributed by atoms with van der Waals surface area (Å²) in [5, 5.41) is 3.17. The number of hydrogen-bond acceptors (Lipinski definition) is 6. The number of imidazole rings is 1. The summed E-state index contributed by atoms with van der Waals surface area (Å²) in [7, 11) is 0. The van der Waals surface area contributed by atoms with Gasteiger partial charge in [-0.25, -0.2) is 19.9 Å². The van der Waals surface area contributed by atoms with Crippen molar-refractivity contribution in [3.8, 4) is 5.82 Å². The van der Waals surface area contributed by atoms with Crippen LogP contribution < -0.4 is 5.32 Å². The monoisotopic (exact) mass is 405 g/mol. The number of aromatic nitrogens is 5. The first-order valence-electron chi connectivity index (χ1n) is 10.3. The predicted molar refractivity (Wildman–Crippen MR) is 114 cm³/mol. The number of likely N-dealkylation sites (tertiary alicyclic amines) is 1. The van der Waals surface area contributed by atoms with Crippen molar-refractivity contribution in [2.45, 2.75) is 46.1 Å². The van der Waals surface area contributed by atoms with E-state index in [0.29, 0.717) is 18.9 Å². The molecule has 3 aromatic rings. The summed E-state index contributed by atoms with van der Waals surface area (Å²) in [4.78, 5) is 32.7. The maximum absolute atomic E-state index is 12.9. The van der Waals surface area contributed by atoms with Crippen LogP contribution in [0, 0.1) is 20.8 Å². The molecule has 4 rings (SSSR count). The van der Waals surface area contributed by atoms with Crippen molar-refractivity contribution in [3.05, 3.63) is 59.6 Å². The van der Waals surface area contributed by atoms with Gasteiger partial charge < -0.3 is 10.2 Å². The van der Waals surface area contributed by atoms with E-state index >= 15 is 0 Å². The van der Waals surface area contributed by atoms with Gasteiger partial charge in [-0.15, -0.1) is 0 Å². The van der Waals surface area contributed by atoms with Gasteiger partial charge in [0, 0.05) is 43.3 Å². The van der Waals surface area contributed by atoms with Gasteiger partial charge in [0.25, 0.3) is 0 Å². The van der Waals surface area contributed by atoms with E-state index in [1.807, 2.05) is 60.7 Å². The third-order valence-electron chi connectivity index (χ3n) is 5.35. The first kappa shape index (κ1) is 20.0. The second-order valence-electron chi connectivity index (χ2n) is 7.66. The summed E-state index contributed by atoms with van der Waals surface area (Å²) in [6, 6.07) is 7.91. The zero-order valence-corrected chi connectivity index (χ0v) is 17.7. The number of aryl methyl sites for hydroxylation is 3. The molecule has 4 heterocycles. The fourth-order valence-electron chi connectivity index (χ4n) is 3.98. The second-order valence-corrected chi connectivity index (χ2v) is 7.66. The molecule has 1 N–H and O–H groups in total. The molecule has 1 atom stereocenters. The van der Waals surface area contributed by atoms with Gasteiger partial charge in [0.05, 0.1) is 11.7 Å². The Balaban J connectivity index is 1.42. The van der Waals surface area contributed by atoms with Crippen molar-refractivity contribution >= 4 is 11.9 Å². The minimum absolute atomic E-state index is 0.0127. The van der Waals surface area contributed by atoms with E-state index in [1.165, 1.54) is 0 Å². The van der Waals surface area contributed by atoms with E-state index in [9.17, 15) is 4.79 Å². The molecule has 1 amide bonds. The summed E-state index contributed by atoms with van der Waals surface area (Å²) in [5.41, 5.74) is 2.75. The highest BCUT2D eigenvalue weighted by Crippen LogP contribution is 2.31. The highest BCUT2D eigenvalue weighted by atomic mass is 16.2. The molecule has 8 heteroatoms. The average molecular weight is 406 g/mol. The summed E-state index contributed by atoms with van der Waals surface area (Å²) in [6.07, 6.45) is 5.98. The van der Waals surface area contributed by atoms with Gasteiger partial charge in [-0.3, -0.25) is 9.36 Å². The van der Waals surface area contributed by atoms with Crippen LogP contribution in [-0.4, -0.2) is 48.4 Å².